The highest BCUT2D eigenvalue weighted by Gasteiger charge is 2.22. The van der Waals surface area contributed by atoms with Crippen LogP contribution in [0.1, 0.15) is 11.4 Å². The van der Waals surface area contributed by atoms with Crippen molar-refractivity contribution < 1.29 is 8.42 Å². The number of sulfonamides is 1. The first-order valence-corrected chi connectivity index (χ1v) is 7.62. The smallest absolute Gasteiger partial charge is 0.238 e. The second-order valence-electron chi connectivity index (χ2n) is 4.37. The fraction of sp³-hybridized carbons (Fsp3) is 0. The number of amidine groups is 2. The Kier molecular flexibility index (Phi) is 3.31. The van der Waals surface area contributed by atoms with E-state index in [1.54, 1.807) is 0 Å². The Morgan fingerprint density at radius 3 is 2.32 bits per heavy atom. The lowest BCUT2D eigenvalue weighted by atomic mass is 10.3. The Bertz CT molecular complexity index is 888. The first-order valence-electron chi connectivity index (χ1n) is 6.07. The molecule has 0 spiro atoms. The summed E-state index contributed by atoms with van der Waals surface area (Å²) in [4.78, 5) is 12.3. The Labute approximate surface area is 125 Å². The van der Waals surface area contributed by atoms with Crippen LogP contribution in [0.3, 0.4) is 0 Å². The van der Waals surface area contributed by atoms with Crippen molar-refractivity contribution in [2.45, 2.75) is 4.90 Å². The first-order chi connectivity index (χ1) is 10.4. The van der Waals surface area contributed by atoms with E-state index in [9.17, 15) is 8.42 Å². The molecule has 10 heteroatoms. The number of primary sulfonamides is 1. The third kappa shape index (κ3) is 2.64. The zero-order chi connectivity index (χ0) is 15.7. The summed E-state index contributed by atoms with van der Waals surface area (Å²) in [5.41, 5.74) is 10.0. The van der Waals surface area contributed by atoms with Crippen LogP contribution in [-0.2, 0) is 10.0 Å². The van der Waals surface area contributed by atoms with Crippen molar-refractivity contribution in [3.8, 4) is 0 Å². The van der Waals surface area contributed by atoms with E-state index in [1.807, 2.05) is 0 Å². The fourth-order valence-electron chi connectivity index (χ4n) is 1.82. The standard InChI is InChI=1S/C12H11N7O2S/c13-11-9-10(16-6-5-15-9)12(17-11)19-18-7-1-3-8(4-2-7)22(14,20)21/h1-6,18H,(H2,13,17,19)(H2,14,20,21). The number of nitrogens with two attached hydrogens (primary N) is 2. The van der Waals surface area contributed by atoms with Crippen LogP contribution in [0.15, 0.2) is 51.6 Å². The van der Waals surface area contributed by atoms with Crippen LogP contribution in [0.4, 0.5) is 5.69 Å². The number of anilines is 1. The normalized spacial score (nSPS) is 15.5. The Morgan fingerprint density at radius 2 is 1.68 bits per heavy atom. The monoisotopic (exact) mass is 317 g/mol. The molecule has 2 heterocycles. The summed E-state index contributed by atoms with van der Waals surface area (Å²) >= 11 is 0. The van der Waals surface area contributed by atoms with Crippen molar-refractivity contribution in [2.24, 2.45) is 21.0 Å². The maximum atomic E-state index is 11.2. The lowest BCUT2D eigenvalue weighted by molar-refractivity contribution is 0.598. The maximum Gasteiger partial charge on any atom is 0.238 e. The number of nitrogens with zero attached hydrogens (tertiary/aromatic N) is 4. The molecule has 0 saturated carbocycles. The second-order valence-corrected chi connectivity index (χ2v) is 5.93. The molecule has 112 valence electrons. The van der Waals surface area contributed by atoms with Crippen LogP contribution in [0.25, 0.3) is 0 Å². The van der Waals surface area contributed by atoms with Crippen molar-refractivity contribution in [3.63, 3.8) is 0 Å². The van der Waals surface area contributed by atoms with E-state index < -0.39 is 10.0 Å². The molecule has 0 bridgehead atoms. The summed E-state index contributed by atoms with van der Waals surface area (Å²) in [6, 6.07) is 5.81. The predicted octanol–water partition coefficient (Wildman–Crippen LogP) is -0.383. The molecule has 0 atom stereocenters. The van der Waals surface area contributed by atoms with Gasteiger partial charge in [0.2, 0.25) is 15.9 Å². The largest absolute Gasteiger partial charge is 0.382 e. The zero-order valence-electron chi connectivity index (χ0n) is 11.1. The quantitative estimate of drug-likeness (QED) is 0.657. The van der Waals surface area contributed by atoms with Gasteiger partial charge in [-0.3, -0.25) is 5.43 Å². The van der Waals surface area contributed by atoms with E-state index >= 15 is 0 Å². The minimum absolute atomic E-state index is 0.0186. The van der Waals surface area contributed by atoms with Crippen LogP contribution in [0, 0.1) is 0 Å². The number of rotatable bonds is 3. The third-order valence-corrected chi connectivity index (χ3v) is 3.78. The molecular formula is C12H11N7O2S. The molecule has 1 aliphatic rings. The minimum atomic E-state index is -3.72. The minimum Gasteiger partial charge on any atom is -0.382 e. The summed E-state index contributed by atoms with van der Waals surface area (Å²) in [6.07, 6.45) is 3.03. The predicted molar refractivity (Wildman–Crippen MR) is 80.7 cm³/mol. The molecule has 3 rings (SSSR count). The van der Waals surface area contributed by atoms with E-state index in [1.165, 1.54) is 36.7 Å². The summed E-state index contributed by atoms with van der Waals surface area (Å²) in [7, 11) is -3.72. The number of hydrogen-bond acceptors (Lipinski definition) is 7. The van der Waals surface area contributed by atoms with Crippen molar-refractivity contribution in [3.05, 3.63) is 48.0 Å². The molecular weight excluding hydrogens is 306 g/mol. The van der Waals surface area contributed by atoms with Crippen molar-refractivity contribution >= 4 is 27.4 Å². The highest BCUT2D eigenvalue weighted by Crippen LogP contribution is 2.15. The molecule has 2 aromatic rings. The number of benzene rings is 1. The lowest BCUT2D eigenvalue weighted by Gasteiger charge is -2.02. The van der Waals surface area contributed by atoms with Crippen LogP contribution < -0.4 is 16.3 Å². The Balaban J connectivity index is 1.84. The molecule has 1 aliphatic heterocycles. The van der Waals surface area contributed by atoms with Gasteiger partial charge in [0.05, 0.1) is 10.6 Å². The number of fused-ring (bicyclic) bond motifs is 1. The highest BCUT2D eigenvalue weighted by atomic mass is 32.2. The van der Waals surface area contributed by atoms with Crippen LogP contribution in [0.2, 0.25) is 0 Å². The molecule has 0 saturated heterocycles. The second kappa shape index (κ2) is 5.16. The molecule has 0 fully saturated rings. The van der Waals surface area contributed by atoms with Gasteiger partial charge in [0.1, 0.15) is 11.4 Å². The van der Waals surface area contributed by atoms with Crippen molar-refractivity contribution in [1.82, 2.24) is 9.97 Å². The molecule has 1 aromatic heterocycles. The average molecular weight is 317 g/mol. The summed E-state index contributed by atoms with van der Waals surface area (Å²) in [6.45, 7) is 0. The van der Waals surface area contributed by atoms with Crippen LogP contribution >= 0.6 is 0 Å². The molecule has 0 radical (unpaired) electrons. The average Bonchev–Trinajstić information content (AvgIpc) is 2.82. The van der Waals surface area contributed by atoms with Gasteiger partial charge in [0.25, 0.3) is 0 Å². The molecule has 22 heavy (non-hydrogen) atoms. The van der Waals surface area contributed by atoms with Crippen molar-refractivity contribution in [1.29, 1.82) is 0 Å². The molecule has 0 unspecified atom stereocenters. The number of hydrazone groups is 1. The van der Waals surface area contributed by atoms with Crippen LogP contribution in [-0.4, -0.2) is 30.1 Å². The SMILES string of the molecule is NC1=NC(=NNc2ccc(S(N)(=O)=O)cc2)c2nccnc21. The maximum absolute atomic E-state index is 11.2. The van der Waals surface area contributed by atoms with Gasteiger partial charge in [-0.25, -0.2) is 28.5 Å². The Morgan fingerprint density at radius 1 is 1.05 bits per heavy atom. The van der Waals surface area contributed by atoms with E-state index in [0.29, 0.717) is 22.9 Å². The van der Waals surface area contributed by atoms with Gasteiger partial charge in [0, 0.05) is 12.4 Å². The summed E-state index contributed by atoms with van der Waals surface area (Å²) in [5.74, 6) is 0.546. The topological polar surface area (TPSA) is 149 Å². The number of aliphatic imine (C=N–C) groups is 1. The van der Waals surface area contributed by atoms with Gasteiger partial charge < -0.3 is 5.73 Å². The summed E-state index contributed by atoms with van der Waals surface area (Å²) in [5, 5.41) is 9.12. The van der Waals surface area contributed by atoms with E-state index in [-0.39, 0.29) is 10.7 Å². The first kappa shape index (κ1) is 14.1. The summed E-state index contributed by atoms with van der Waals surface area (Å²) < 4.78 is 22.3. The van der Waals surface area contributed by atoms with Crippen molar-refractivity contribution in [2.75, 3.05) is 5.43 Å². The molecule has 9 nitrogen and oxygen atoms in total. The van der Waals surface area contributed by atoms with E-state index in [2.05, 4.69) is 25.5 Å². The van der Waals surface area contributed by atoms with Gasteiger partial charge in [-0.1, -0.05) is 0 Å². The molecule has 1 aromatic carbocycles. The number of hydrogen-bond donors (Lipinski definition) is 3. The van der Waals surface area contributed by atoms with E-state index in [4.69, 9.17) is 10.9 Å². The van der Waals surface area contributed by atoms with Gasteiger partial charge in [-0.2, -0.15) is 5.10 Å². The Hall–Kier alpha value is -2.85. The van der Waals surface area contributed by atoms with Crippen LogP contribution in [0.5, 0.6) is 0 Å². The van der Waals surface area contributed by atoms with E-state index in [0.717, 1.165) is 0 Å². The van der Waals surface area contributed by atoms with Gasteiger partial charge in [0.15, 0.2) is 5.84 Å². The van der Waals surface area contributed by atoms with Gasteiger partial charge >= 0.3 is 0 Å². The zero-order valence-corrected chi connectivity index (χ0v) is 11.9. The van der Waals surface area contributed by atoms with Gasteiger partial charge in [-0.15, -0.1) is 0 Å². The van der Waals surface area contributed by atoms with Gasteiger partial charge in [-0.05, 0) is 24.3 Å². The number of nitrogens with one attached hydrogen (secondary N) is 1. The molecule has 0 aliphatic carbocycles. The molecule has 0 amide bonds. The lowest BCUT2D eigenvalue weighted by Crippen LogP contribution is -2.12. The molecule has 5 N–H and O–H groups in total. The third-order valence-electron chi connectivity index (χ3n) is 2.85. The fourth-order valence-corrected chi connectivity index (χ4v) is 2.34. The highest BCUT2D eigenvalue weighted by molar-refractivity contribution is 7.89. The number of aromatic nitrogens is 2.